The monoisotopic (exact) mass is 267 g/mol. The van der Waals surface area contributed by atoms with Crippen molar-refractivity contribution in [1.29, 1.82) is 0 Å². The Bertz CT molecular complexity index is 601. The first-order chi connectivity index (χ1) is 8.58. The van der Waals surface area contributed by atoms with Crippen LogP contribution in [0.3, 0.4) is 0 Å². The molecule has 0 aliphatic carbocycles. The lowest BCUT2D eigenvalue weighted by atomic mass is 10.2. The third-order valence-corrected chi connectivity index (χ3v) is 2.62. The molecule has 0 saturated carbocycles. The van der Waals surface area contributed by atoms with E-state index in [1.165, 1.54) is 36.4 Å². The molecule has 18 heavy (non-hydrogen) atoms. The van der Waals surface area contributed by atoms with Crippen molar-refractivity contribution in [2.45, 2.75) is 0 Å². The third-order valence-electron chi connectivity index (χ3n) is 2.30. The summed E-state index contributed by atoms with van der Waals surface area (Å²) in [5, 5.41) is 2.54. The molecule has 0 aromatic heterocycles. The molecule has 0 aliphatic heterocycles. The molecule has 2 nitrogen and oxygen atoms in total. The molecule has 2 rings (SSSR count). The summed E-state index contributed by atoms with van der Waals surface area (Å²) in [6, 6.07) is 9.06. The van der Waals surface area contributed by atoms with Gasteiger partial charge >= 0.3 is 0 Å². The lowest BCUT2D eigenvalue weighted by Crippen LogP contribution is -2.14. The van der Waals surface area contributed by atoms with Gasteiger partial charge in [0.05, 0.1) is 16.3 Å². The number of hydrogen-bond donors (Lipinski definition) is 1. The lowest BCUT2D eigenvalue weighted by Gasteiger charge is -2.07. The number of rotatable bonds is 2. The Kier molecular flexibility index (Phi) is 3.58. The van der Waals surface area contributed by atoms with Crippen molar-refractivity contribution in [3.8, 4) is 0 Å². The summed E-state index contributed by atoms with van der Waals surface area (Å²) in [4.78, 5) is 11.8. The molecule has 1 amide bonds. The first kappa shape index (κ1) is 12.5. The Morgan fingerprint density at radius 1 is 1.11 bits per heavy atom. The Morgan fingerprint density at radius 2 is 1.83 bits per heavy atom. The summed E-state index contributed by atoms with van der Waals surface area (Å²) in [5.41, 5.74) is -0.0252. The van der Waals surface area contributed by atoms with Crippen molar-refractivity contribution in [3.63, 3.8) is 0 Å². The average Bonchev–Trinajstić information content (AvgIpc) is 2.34. The molecule has 0 radical (unpaired) electrons. The van der Waals surface area contributed by atoms with E-state index in [1.807, 2.05) is 0 Å². The number of nitrogens with one attached hydrogen (secondary N) is 1. The molecule has 5 heteroatoms. The number of halogens is 3. The van der Waals surface area contributed by atoms with E-state index < -0.39 is 17.5 Å². The van der Waals surface area contributed by atoms with Crippen LogP contribution >= 0.6 is 11.6 Å². The van der Waals surface area contributed by atoms with Crippen LogP contribution in [0.4, 0.5) is 14.5 Å². The molecule has 0 fully saturated rings. The summed E-state index contributed by atoms with van der Waals surface area (Å²) < 4.78 is 26.4. The number of benzene rings is 2. The van der Waals surface area contributed by atoms with Crippen LogP contribution in [0.5, 0.6) is 0 Å². The van der Waals surface area contributed by atoms with E-state index in [2.05, 4.69) is 5.32 Å². The van der Waals surface area contributed by atoms with Gasteiger partial charge in [-0.25, -0.2) is 8.78 Å². The van der Waals surface area contributed by atoms with Crippen molar-refractivity contribution in [3.05, 3.63) is 64.7 Å². The maximum atomic E-state index is 13.4. The van der Waals surface area contributed by atoms with Gasteiger partial charge in [-0.2, -0.15) is 0 Å². The Balaban J connectivity index is 2.27. The molecule has 1 N–H and O–H groups in total. The largest absolute Gasteiger partial charge is 0.320 e. The van der Waals surface area contributed by atoms with Gasteiger partial charge < -0.3 is 5.32 Å². The van der Waals surface area contributed by atoms with Gasteiger partial charge in [-0.1, -0.05) is 23.7 Å². The van der Waals surface area contributed by atoms with Crippen LogP contribution in [0.1, 0.15) is 10.4 Å². The molecule has 0 atom stereocenters. The zero-order valence-corrected chi connectivity index (χ0v) is 9.84. The average molecular weight is 268 g/mol. The summed E-state index contributed by atoms with van der Waals surface area (Å²) in [7, 11) is 0. The fraction of sp³-hybridized carbons (Fsp3) is 0. The summed E-state index contributed by atoms with van der Waals surface area (Å²) in [6.07, 6.45) is 0. The molecular weight excluding hydrogens is 260 g/mol. The van der Waals surface area contributed by atoms with E-state index in [-0.39, 0.29) is 16.3 Å². The third kappa shape index (κ3) is 2.65. The first-order valence-electron chi connectivity index (χ1n) is 5.09. The van der Waals surface area contributed by atoms with Gasteiger partial charge in [0.25, 0.3) is 5.91 Å². The van der Waals surface area contributed by atoms with Crippen LogP contribution in [0, 0.1) is 11.6 Å². The molecule has 0 aliphatic rings. The molecule has 0 bridgehead atoms. The van der Waals surface area contributed by atoms with Crippen molar-refractivity contribution in [2.24, 2.45) is 0 Å². The normalized spacial score (nSPS) is 10.2. The Labute approximate surface area is 107 Å². The molecule has 92 valence electrons. The van der Waals surface area contributed by atoms with Crippen molar-refractivity contribution in [1.82, 2.24) is 0 Å². The second kappa shape index (κ2) is 5.14. The predicted molar refractivity (Wildman–Crippen MR) is 65.8 cm³/mol. The van der Waals surface area contributed by atoms with E-state index in [0.717, 1.165) is 6.07 Å². The van der Waals surface area contributed by atoms with E-state index in [4.69, 9.17) is 11.6 Å². The smallest absolute Gasteiger partial charge is 0.258 e. The summed E-state index contributed by atoms with van der Waals surface area (Å²) >= 11 is 5.79. The second-order valence-electron chi connectivity index (χ2n) is 3.56. The van der Waals surface area contributed by atoms with Crippen LogP contribution in [-0.4, -0.2) is 5.91 Å². The van der Waals surface area contributed by atoms with Crippen molar-refractivity contribution >= 4 is 23.2 Å². The number of amides is 1. The van der Waals surface area contributed by atoms with Crippen LogP contribution in [-0.2, 0) is 0 Å². The molecule has 0 heterocycles. The molecular formula is C13H8ClF2NO. The Hall–Kier alpha value is -1.94. The van der Waals surface area contributed by atoms with Crippen molar-refractivity contribution in [2.75, 3.05) is 5.32 Å². The standard InChI is InChI=1S/C13H8ClF2NO/c14-10-6-5-8(15)7-12(10)17-13(18)9-3-1-2-4-11(9)16/h1-7H,(H,17,18). The summed E-state index contributed by atoms with van der Waals surface area (Å²) in [6.45, 7) is 0. The highest BCUT2D eigenvalue weighted by atomic mass is 35.5. The summed E-state index contributed by atoms with van der Waals surface area (Å²) in [5.74, 6) is -1.87. The minimum absolute atomic E-state index is 0.102. The fourth-order valence-corrected chi connectivity index (χ4v) is 1.59. The van der Waals surface area contributed by atoms with Gasteiger partial charge in [0.2, 0.25) is 0 Å². The SMILES string of the molecule is O=C(Nc1cc(F)ccc1Cl)c1ccccc1F. The van der Waals surface area contributed by atoms with Gasteiger partial charge in [0.15, 0.2) is 0 Å². The van der Waals surface area contributed by atoms with E-state index in [9.17, 15) is 13.6 Å². The predicted octanol–water partition coefficient (Wildman–Crippen LogP) is 3.87. The fourth-order valence-electron chi connectivity index (χ4n) is 1.43. The van der Waals surface area contributed by atoms with Crippen molar-refractivity contribution < 1.29 is 13.6 Å². The van der Waals surface area contributed by atoms with E-state index in [1.54, 1.807) is 0 Å². The highest BCUT2D eigenvalue weighted by Crippen LogP contribution is 2.23. The minimum atomic E-state index is -0.680. The quantitative estimate of drug-likeness (QED) is 0.879. The highest BCUT2D eigenvalue weighted by Gasteiger charge is 2.12. The highest BCUT2D eigenvalue weighted by molar-refractivity contribution is 6.33. The minimum Gasteiger partial charge on any atom is -0.320 e. The Morgan fingerprint density at radius 3 is 2.56 bits per heavy atom. The number of carbonyl (C=O) groups is 1. The number of carbonyl (C=O) groups excluding carboxylic acids is 1. The van der Waals surface area contributed by atoms with Gasteiger partial charge in [0.1, 0.15) is 11.6 Å². The van der Waals surface area contributed by atoms with Gasteiger partial charge in [-0.15, -0.1) is 0 Å². The van der Waals surface area contributed by atoms with Gasteiger partial charge in [-0.05, 0) is 30.3 Å². The topological polar surface area (TPSA) is 29.1 Å². The molecule has 2 aromatic carbocycles. The number of anilines is 1. The maximum Gasteiger partial charge on any atom is 0.258 e. The lowest BCUT2D eigenvalue weighted by molar-refractivity contribution is 0.102. The molecule has 0 saturated heterocycles. The second-order valence-corrected chi connectivity index (χ2v) is 3.97. The van der Waals surface area contributed by atoms with Gasteiger partial charge in [-0.3, -0.25) is 4.79 Å². The molecule has 0 unspecified atom stereocenters. The van der Waals surface area contributed by atoms with Crippen LogP contribution < -0.4 is 5.32 Å². The molecule has 2 aromatic rings. The van der Waals surface area contributed by atoms with Crippen LogP contribution in [0.2, 0.25) is 5.02 Å². The van der Waals surface area contributed by atoms with E-state index in [0.29, 0.717) is 0 Å². The van der Waals surface area contributed by atoms with Gasteiger partial charge in [0, 0.05) is 0 Å². The van der Waals surface area contributed by atoms with Crippen LogP contribution in [0.15, 0.2) is 42.5 Å². The zero-order chi connectivity index (χ0) is 13.1. The molecule has 0 spiro atoms. The maximum absolute atomic E-state index is 13.4. The number of hydrogen-bond acceptors (Lipinski definition) is 1. The zero-order valence-electron chi connectivity index (χ0n) is 9.08. The van der Waals surface area contributed by atoms with E-state index >= 15 is 0 Å². The first-order valence-corrected chi connectivity index (χ1v) is 5.46. The van der Waals surface area contributed by atoms with Crippen LogP contribution in [0.25, 0.3) is 0 Å².